The van der Waals surface area contributed by atoms with Gasteiger partial charge < -0.3 is 19.5 Å². The molecule has 0 bridgehead atoms. The molecule has 2 atom stereocenters. The summed E-state index contributed by atoms with van der Waals surface area (Å²) in [5.41, 5.74) is 0.712. The van der Waals surface area contributed by atoms with Crippen LogP contribution in [0.3, 0.4) is 0 Å². The van der Waals surface area contributed by atoms with Gasteiger partial charge in [0.05, 0.1) is 13.7 Å². The molecule has 1 aromatic carbocycles. The second kappa shape index (κ2) is 7.62. The number of rotatable bonds is 6. The molecule has 0 spiro atoms. The van der Waals surface area contributed by atoms with Gasteiger partial charge in [-0.15, -0.1) is 0 Å². The van der Waals surface area contributed by atoms with Crippen molar-refractivity contribution in [3.63, 3.8) is 0 Å². The van der Waals surface area contributed by atoms with Crippen molar-refractivity contribution in [2.45, 2.75) is 19.4 Å². The van der Waals surface area contributed by atoms with Crippen molar-refractivity contribution in [3.8, 4) is 5.75 Å². The third-order valence-electron chi connectivity index (χ3n) is 3.51. The Labute approximate surface area is 133 Å². The van der Waals surface area contributed by atoms with Crippen LogP contribution in [0.4, 0.5) is 0 Å². The van der Waals surface area contributed by atoms with E-state index in [4.69, 9.17) is 14.2 Å². The van der Waals surface area contributed by atoms with Crippen LogP contribution in [0.15, 0.2) is 24.3 Å². The van der Waals surface area contributed by atoms with Crippen molar-refractivity contribution in [1.29, 1.82) is 0 Å². The van der Waals surface area contributed by atoms with E-state index in [1.165, 1.54) is 7.11 Å². The van der Waals surface area contributed by atoms with Crippen LogP contribution in [0.25, 0.3) is 0 Å². The zero-order valence-electron chi connectivity index (χ0n) is 13.0. The normalized spacial score (nSPS) is 19.8. The van der Waals surface area contributed by atoms with E-state index in [0.717, 1.165) is 0 Å². The van der Waals surface area contributed by atoms with Gasteiger partial charge in [-0.25, -0.2) is 0 Å². The van der Waals surface area contributed by atoms with E-state index in [9.17, 15) is 14.4 Å². The molecule has 0 radical (unpaired) electrons. The van der Waals surface area contributed by atoms with Crippen molar-refractivity contribution in [1.82, 2.24) is 5.32 Å². The van der Waals surface area contributed by atoms with Crippen molar-refractivity contribution < 1.29 is 28.6 Å². The highest BCUT2D eigenvalue weighted by atomic mass is 16.6. The fourth-order valence-electron chi connectivity index (χ4n) is 2.41. The van der Waals surface area contributed by atoms with Gasteiger partial charge in [-0.3, -0.25) is 14.4 Å². The fourth-order valence-corrected chi connectivity index (χ4v) is 2.41. The average Bonchev–Trinajstić information content (AvgIpc) is 2.94. The van der Waals surface area contributed by atoms with E-state index in [2.05, 4.69) is 5.32 Å². The smallest absolute Gasteiger partial charge is 0.325 e. The molecule has 2 rings (SSSR count). The minimum Gasteiger partial charge on any atom is -0.496 e. The molecule has 1 heterocycles. The summed E-state index contributed by atoms with van der Waals surface area (Å²) in [5, 5.41) is 2.39. The van der Waals surface area contributed by atoms with E-state index in [1.54, 1.807) is 25.1 Å². The first-order valence-corrected chi connectivity index (χ1v) is 7.33. The molecule has 1 aliphatic heterocycles. The van der Waals surface area contributed by atoms with Gasteiger partial charge in [0.1, 0.15) is 24.3 Å². The van der Waals surface area contributed by atoms with E-state index in [-0.39, 0.29) is 19.6 Å². The maximum atomic E-state index is 12.0. The standard InChI is InChI=1S/C16H19NO6/c1-3-22-14(18)9-17-15(19)11-8-13(23-16(11)20)10-6-4-5-7-12(10)21-2/h4-7,11,13H,3,8-9H2,1-2H3,(H,17,19)/t11-,13-/m1/s1. The molecule has 1 saturated heterocycles. The van der Waals surface area contributed by atoms with Crippen LogP contribution in [0.2, 0.25) is 0 Å². The largest absolute Gasteiger partial charge is 0.496 e. The number of esters is 2. The molecule has 1 N–H and O–H groups in total. The molecule has 0 aromatic heterocycles. The molecular weight excluding hydrogens is 302 g/mol. The number of hydrogen-bond acceptors (Lipinski definition) is 6. The summed E-state index contributed by atoms with van der Waals surface area (Å²) in [6, 6.07) is 7.16. The molecule has 23 heavy (non-hydrogen) atoms. The second-order valence-corrected chi connectivity index (χ2v) is 4.98. The Kier molecular flexibility index (Phi) is 5.56. The number of para-hydroxylation sites is 1. The predicted molar refractivity (Wildman–Crippen MR) is 79.6 cm³/mol. The Balaban J connectivity index is 1.99. The number of carbonyl (C=O) groups excluding carboxylic acids is 3. The number of cyclic esters (lactones) is 1. The summed E-state index contributed by atoms with van der Waals surface area (Å²) >= 11 is 0. The number of ether oxygens (including phenoxy) is 3. The zero-order chi connectivity index (χ0) is 16.8. The van der Waals surface area contributed by atoms with Crippen LogP contribution in [0, 0.1) is 5.92 Å². The number of nitrogens with one attached hydrogen (secondary N) is 1. The lowest BCUT2D eigenvalue weighted by Crippen LogP contribution is -2.37. The number of benzene rings is 1. The van der Waals surface area contributed by atoms with Crippen LogP contribution in [-0.4, -0.2) is 38.1 Å². The van der Waals surface area contributed by atoms with Gasteiger partial charge in [0.25, 0.3) is 0 Å². The summed E-state index contributed by atoms with van der Waals surface area (Å²) in [6.45, 7) is 1.64. The minimum absolute atomic E-state index is 0.202. The van der Waals surface area contributed by atoms with E-state index in [0.29, 0.717) is 11.3 Å². The van der Waals surface area contributed by atoms with Gasteiger partial charge >= 0.3 is 11.9 Å². The highest BCUT2D eigenvalue weighted by molar-refractivity contribution is 6.00. The quantitative estimate of drug-likeness (QED) is 0.620. The summed E-state index contributed by atoms with van der Waals surface area (Å²) in [4.78, 5) is 35.2. The van der Waals surface area contributed by atoms with Crippen molar-refractivity contribution >= 4 is 17.8 Å². The summed E-state index contributed by atoms with van der Waals surface area (Å²) in [7, 11) is 1.53. The first kappa shape index (κ1) is 16.8. The van der Waals surface area contributed by atoms with E-state index < -0.39 is 29.9 Å². The molecule has 1 aromatic rings. The summed E-state index contributed by atoms with van der Waals surface area (Å²) < 4.78 is 15.2. The molecule has 7 heteroatoms. The van der Waals surface area contributed by atoms with Crippen molar-refractivity contribution in [3.05, 3.63) is 29.8 Å². The lowest BCUT2D eigenvalue weighted by atomic mass is 9.99. The van der Waals surface area contributed by atoms with Crippen LogP contribution in [-0.2, 0) is 23.9 Å². The molecule has 1 amide bonds. The monoisotopic (exact) mass is 321 g/mol. The molecule has 0 unspecified atom stereocenters. The van der Waals surface area contributed by atoms with Gasteiger partial charge in [0.15, 0.2) is 0 Å². The number of methoxy groups -OCH3 is 1. The maximum absolute atomic E-state index is 12.0. The topological polar surface area (TPSA) is 90.9 Å². The second-order valence-electron chi connectivity index (χ2n) is 4.98. The lowest BCUT2D eigenvalue weighted by Gasteiger charge is -2.13. The molecule has 124 valence electrons. The highest BCUT2D eigenvalue weighted by Crippen LogP contribution is 2.37. The Bertz CT molecular complexity index is 600. The number of hydrogen-bond donors (Lipinski definition) is 1. The third kappa shape index (κ3) is 4.00. The molecule has 1 aliphatic rings. The van der Waals surface area contributed by atoms with E-state index >= 15 is 0 Å². The SMILES string of the molecule is CCOC(=O)CNC(=O)[C@H]1C[C@H](c2ccccc2OC)OC1=O. The van der Waals surface area contributed by atoms with Gasteiger partial charge in [-0.1, -0.05) is 18.2 Å². The van der Waals surface area contributed by atoms with Gasteiger partial charge in [-0.05, 0) is 13.0 Å². The Morgan fingerprint density at radius 2 is 2.09 bits per heavy atom. The predicted octanol–water partition coefficient (Wildman–Crippen LogP) is 0.979. The molecule has 0 aliphatic carbocycles. The summed E-state index contributed by atoms with van der Waals surface area (Å²) in [5.74, 6) is -2.05. The molecule has 0 saturated carbocycles. The lowest BCUT2D eigenvalue weighted by molar-refractivity contribution is -0.149. The molecule has 1 fully saturated rings. The first-order chi connectivity index (χ1) is 11.1. The number of amides is 1. The molecular formula is C16H19NO6. The van der Waals surface area contributed by atoms with Crippen LogP contribution < -0.4 is 10.1 Å². The van der Waals surface area contributed by atoms with Gasteiger partial charge in [0, 0.05) is 12.0 Å². The van der Waals surface area contributed by atoms with Crippen molar-refractivity contribution in [2.24, 2.45) is 5.92 Å². The Morgan fingerprint density at radius 1 is 1.35 bits per heavy atom. The highest BCUT2D eigenvalue weighted by Gasteiger charge is 2.41. The van der Waals surface area contributed by atoms with Crippen LogP contribution in [0.1, 0.15) is 25.0 Å². The molecule has 7 nitrogen and oxygen atoms in total. The number of carbonyl (C=O) groups is 3. The fraction of sp³-hybridized carbons (Fsp3) is 0.438. The summed E-state index contributed by atoms with van der Waals surface area (Å²) in [6.07, 6.45) is -0.342. The Morgan fingerprint density at radius 3 is 2.78 bits per heavy atom. The van der Waals surface area contributed by atoms with Crippen LogP contribution >= 0.6 is 0 Å². The van der Waals surface area contributed by atoms with Gasteiger partial charge in [0.2, 0.25) is 5.91 Å². The third-order valence-corrected chi connectivity index (χ3v) is 3.51. The maximum Gasteiger partial charge on any atom is 0.325 e. The van der Waals surface area contributed by atoms with Crippen LogP contribution in [0.5, 0.6) is 5.75 Å². The Hall–Kier alpha value is -2.57. The zero-order valence-corrected chi connectivity index (χ0v) is 13.0. The van der Waals surface area contributed by atoms with Crippen molar-refractivity contribution in [2.75, 3.05) is 20.3 Å². The van der Waals surface area contributed by atoms with E-state index in [1.807, 2.05) is 6.07 Å². The van der Waals surface area contributed by atoms with Gasteiger partial charge in [-0.2, -0.15) is 0 Å². The minimum atomic E-state index is -0.945. The average molecular weight is 321 g/mol. The first-order valence-electron chi connectivity index (χ1n) is 7.33.